The first kappa shape index (κ1) is 23.7. The van der Waals surface area contributed by atoms with Gasteiger partial charge in [0.15, 0.2) is 0 Å². The summed E-state index contributed by atoms with van der Waals surface area (Å²) in [5.74, 6) is 0.0331. The van der Waals surface area contributed by atoms with Gasteiger partial charge in [-0.2, -0.15) is 4.73 Å². The highest BCUT2D eigenvalue weighted by Gasteiger charge is 2.14. The van der Waals surface area contributed by atoms with Gasteiger partial charge in [0.2, 0.25) is 0 Å². The number of hydrogen-bond acceptors (Lipinski definition) is 4. The van der Waals surface area contributed by atoms with Crippen molar-refractivity contribution < 1.29 is 14.7 Å². The minimum Gasteiger partial charge on any atom is -0.462 e. The molecule has 0 aliphatic heterocycles. The van der Waals surface area contributed by atoms with Crippen LogP contribution in [0.25, 0.3) is 0 Å². The maximum absolute atomic E-state index is 12.3. The van der Waals surface area contributed by atoms with Crippen molar-refractivity contribution in [3.8, 4) is 0 Å². The minimum absolute atomic E-state index is 0.267. The molecule has 4 nitrogen and oxygen atoms in total. The van der Waals surface area contributed by atoms with Gasteiger partial charge in [-0.25, -0.2) is 4.79 Å². The second kappa shape index (κ2) is 14.7. The highest BCUT2D eigenvalue weighted by atomic mass is 32.1. The Bertz CT molecular complexity index is 585. The molecule has 0 saturated heterocycles. The molecule has 5 heteroatoms. The summed E-state index contributed by atoms with van der Waals surface area (Å²) in [5, 5.41) is 9.60. The summed E-state index contributed by atoms with van der Waals surface area (Å²) in [6, 6.07) is 3.13. The van der Waals surface area contributed by atoms with Crippen molar-refractivity contribution in [1.29, 1.82) is 0 Å². The van der Waals surface area contributed by atoms with Gasteiger partial charge < -0.3 is 9.94 Å². The molecule has 1 heterocycles. The fourth-order valence-corrected chi connectivity index (χ4v) is 3.38. The number of esters is 1. The molecule has 1 rings (SSSR count). The van der Waals surface area contributed by atoms with Gasteiger partial charge in [0.25, 0.3) is 0 Å². The Labute approximate surface area is 169 Å². The van der Waals surface area contributed by atoms with Crippen LogP contribution in [0.5, 0.6) is 0 Å². The van der Waals surface area contributed by atoms with Crippen LogP contribution in [-0.4, -0.2) is 22.5 Å². The van der Waals surface area contributed by atoms with Crippen LogP contribution in [0, 0.1) is 10.6 Å². The van der Waals surface area contributed by atoms with Gasteiger partial charge >= 0.3 is 5.97 Å². The van der Waals surface area contributed by atoms with E-state index in [1.807, 2.05) is 0 Å². The van der Waals surface area contributed by atoms with Gasteiger partial charge in [-0.1, -0.05) is 90.3 Å². The number of hydrogen-bond donors (Lipinski definition) is 1. The van der Waals surface area contributed by atoms with Gasteiger partial charge in [-0.3, -0.25) is 0 Å². The highest BCUT2D eigenvalue weighted by molar-refractivity contribution is 7.71. The Morgan fingerprint density at radius 1 is 1.00 bits per heavy atom. The Kier molecular flexibility index (Phi) is 12.9. The maximum Gasteiger partial charge on any atom is 0.339 e. The quantitative estimate of drug-likeness (QED) is 0.151. The highest BCUT2D eigenvalue weighted by Crippen LogP contribution is 2.20. The average molecular weight is 396 g/mol. The van der Waals surface area contributed by atoms with Gasteiger partial charge in [0, 0.05) is 0 Å². The van der Waals surface area contributed by atoms with Crippen LogP contribution in [0.3, 0.4) is 0 Å². The smallest absolute Gasteiger partial charge is 0.339 e. The van der Waals surface area contributed by atoms with E-state index in [1.165, 1.54) is 76.5 Å². The summed E-state index contributed by atoms with van der Waals surface area (Å²) < 4.78 is 6.59. The molecule has 0 radical (unpaired) electrons. The summed E-state index contributed by atoms with van der Waals surface area (Å²) in [6.07, 6.45) is 16.2. The number of carbonyl (C=O) groups excluding carboxylic acids is 1. The van der Waals surface area contributed by atoms with E-state index < -0.39 is 5.97 Å². The largest absolute Gasteiger partial charge is 0.462 e. The molecule has 27 heavy (non-hydrogen) atoms. The molecule has 0 amide bonds. The van der Waals surface area contributed by atoms with E-state index in [1.54, 1.807) is 6.07 Å². The molecule has 1 N–H and O–H groups in total. The molecule has 1 atom stereocenters. The molecular formula is C22H37NO3S. The molecule has 1 aromatic rings. The molecule has 0 aliphatic rings. The zero-order valence-corrected chi connectivity index (χ0v) is 17.9. The minimum atomic E-state index is -0.394. The second-order valence-electron chi connectivity index (χ2n) is 7.47. The Balaban J connectivity index is 2.44. The third kappa shape index (κ3) is 10.5. The van der Waals surface area contributed by atoms with E-state index in [4.69, 9.17) is 17.0 Å². The number of pyridine rings is 1. The van der Waals surface area contributed by atoms with E-state index >= 15 is 0 Å². The van der Waals surface area contributed by atoms with Crippen LogP contribution in [-0.2, 0) is 4.74 Å². The standard InChI is InChI=1S/C22H37NO3S/c1-3-5-7-9-10-12-14-19(13-11-8-6-4-2)18-26-22(24)20-15-16-21(27)23(25)17-20/h15-17,19,25H,3-14,18H2,1-2H3. The molecule has 0 fully saturated rings. The van der Waals surface area contributed by atoms with Crippen LogP contribution < -0.4 is 0 Å². The Morgan fingerprint density at radius 3 is 2.15 bits per heavy atom. The monoisotopic (exact) mass is 395 g/mol. The lowest BCUT2D eigenvalue weighted by molar-refractivity contribution is 0.0417. The average Bonchev–Trinajstić information content (AvgIpc) is 2.67. The lowest BCUT2D eigenvalue weighted by Crippen LogP contribution is -2.15. The van der Waals surface area contributed by atoms with E-state index in [0.717, 1.165) is 17.6 Å². The predicted octanol–water partition coefficient (Wildman–Crippen LogP) is 6.95. The zero-order chi connectivity index (χ0) is 19.9. The topological polar surface area (TPSA) is 51.5 Å². The maximum atomic E-state index is 12.3. The fourth-order valence-electron chi connectivity index (χ4n) is 3.26. The second-order valence-corrected chi connectivity index (χ2v) is 7.89. The lowest BCUT2D eigenvalue weighted by Gasteiger charge is -2.17. The molecular weight excluding hydrogens is 358 g/mol. The Hall–Kier alpha value is -1.36. The molecule has 1 unspecified atom stereocenters. The van der Waals surface area contributed by atoms with Crippen molar-refractivity contribution in [2.45, 2.75) is 90.9 Å². The van der Waals surface area contributed by atoms with Crippen LogP contribution in [0.2, 0.25) is 0 Å². The molecule has 0 spiro atoms. The van der Waals surface area contributed by atoms with Crippen molar-refractivity contribution in [1.82, 2.24) is 4.73 Å². The first-order valence-corrected chi connectivity index (χ1v) is 11.1. The summed E-state index contributed by atoms with van der Waals surface area (Å²) in [5.41, 5.74) is 0.329. The van der Waals surface area contributed by atoms with Gasteiger partial charge in [-0.15, -0.1) is 0 Å². The van der Waals surface area contributed by atoms with Crippen LogP contribution >= 0.6 is 12.2 Å². The van der Waals surface area contributed by atoms with Crippen molar-refractivity contribution >= 4 is 18.2 Å². The molecule has 0 aromatic carbocycles. The summed E-state index contributed by atoms with van der Waals surface area (Å²) in [6.45, 7) is 4.92. The molecule has 0 aliphatic carbocycles. The van der Waals surface area contributed by atoms with Crippen molar-refractivity contribution in [3.63, 3.8) is 0 Å². The van der Waals surface area contributed by atoms with Gasteiger partial charge in [0.05, 0.1) is 18.4 Å². The normalized spacial score (nSPS) is 12.1. The molecule has 154 valence electrons. The van der Waals surface area contributed by atoms with Crippen LogP contribution in [0.1, 0.15) is 101 Å². The van der Waals surface area contributed by atoms with E-state index in [0.29, 0.717) is 18.1 Å². The Morgan fingerprint density at radius 2 is 1.56 bits per heavy atom. The van der Waals surface area contributed by atoms with Gasteiger partial charge in [-0.05, 0) is 30.9 Å². The van der Waals surface area contributed by atoms with Crippen LogP contribution in [0.15, 0.2) is 18.3 Å². The van der Waals surface area contributed by atoms with Crippen molar-refractivity contribution in [2.24, 2.45) is 5.92 Å². The summed E-state index contributed by atoms with van der Waals surface area (Å²) >= 11 is 4.92. The summed E-state index contributed by atoms with van der Waals surface area (Å²) in [4.78, 5) is 12.3. The molecule has 0 bridgehead atoms. The first-order chi connectivity index (χ1) is 13.1. The number of nitrogens with zero attached hydrogens (tertiary/aromatic N) is 1. The summed E-state index contributed by atoms with van der Waals surface area (Å²) in [7, 11) is 0. The van der Waals surface area contributed by atoms with Crippen molar-refractivity contribution in [2.75, 3.05) is 6.61 Å². The lowest BCUT2D eigenvalue weighted by atomic mass is 9.95. The molecule has 1 aromatic heterocycles. The number of unbranched alkanes of at least 4 members (excludes halogenated alkanes) is 8. The first-order valence-electron chi connectivity index (χ1n) is 10.7. The van der Waals surface area contributed by atoms with Gasteiger partial charge in [0.1, 0.15) is 4.64 Å². The zero-order valence-electron chi connectivity index (χ0n) is 17.1. The number of ether oxygens (including phenoxy) is 1. The third-order valence-electron chi connectivity index (χ3n) is 5.01. The van der Waals surface area contributed by atoms with Crippen LogP contribution in [0.4, 0.5) is 0 Å². The van der Waals surface area contributed by atoms with Crippen molar-refractivity contribution in [3.05, 3.63) is 28.5 Å². The molecule has 0 saturated carbocycles. The fraction of sp³-hybridized carbons (Fsp3) is 0.727. The van der Waals surface area contributed by atoms with E-state index in [9.17, 15) is 10.0 Å². The third-order valence-corrected chi connectivity index (χ3v) is 5.33. The number of rotatable bonds is 15. The van der Waals surface area contributed by atoms with E-state index in [-0.39, 0.29) is 4.64 Å². The predicted molar refractivity (Wildman–Crippen MR) is 113 cm³/mol. The number of aromatic nitrogens is 1. The number of carbonyl (C=O) groups is 1. The van der Waals surface area contributed by atoms with E-state index in [2.05, 4.69) is 13.8 Å². The SMILES string of the molecule is CCCCCCCCC(CCCCCC)COC(=O)c1ccc(=S)n(O)c1.